The van der Waals surface area contributed by atoms with Crippen molar-refractivity contribution in [3.63, 3.8) is 0 Å². The van der Waals surface area contributed by atoms with Gasteiger partial charge in [0.1, 0.15) is 0 Å². The van der Waals surface area contributed by atoms with Gasteiger partial charge in [-0.05, 0) is 45.7 Å². The van der Waals surface area contributed by atoms with Crippen LogP contribution < -0.4 is 0 Å². The maximum absolute atomic E-state index is 6.49. The third kappa shape index (κ3) is 1.97. The van der Waals surface area contributed by atoms with Crippen LogP contribution in [0.3, 0.4) is 0 Å². The molecular weight excluding hydrogens is 246 g/mol. The Kier molecular flexibility index (Phi) is 3.15. The summed E-state index contributed by atoms with van der Waals surface area (Å²) in [5, 5.41) is 0. The molecular formula is C18H26NO+. The molecule has 1 aliphatic carbocycles. The largest absolute Gasteiger partial charge is 0.434 e. The molecule has 108 valence electrons. The Bertz CT molecular complexity index is 558. The number of nitrogens with zero attached hydrogens (tertiary/aromatic N) is 1. The summed E-state index contributed by atoms with van der Waals surface area (Å²) in [6.45, 7) is 11.3. The van der Waals surface area contributed by atoms with Gasteiger partial charge in [-0.2, -0.15) is 4.58 Å². The van der Waals surface area contributed by atoms with Crippen LogP contribution in [0.1, 0.15) is 45.7 Å². The molecule has 0 saturated carbocycles. The monoisotopic (exact) mass is 272 g/mol. The van der Waals surface area contributed by atoms with Crippen molar-refractivity contribution in [1.82, 2.24) is 0 Å². The molecule has 2 heteroatoms. The van der Waals surface area contributed by atoms with Crippen LogP contribution in [0.2, 0.25) is 0 Å². The van der Waals surface area contributed by atoms with Crippen molar-refractivity contribution in [2.24, 2.45) is 5.92 Å². The molecule has 2 aliphatic rings. The minimum atomic E-state index is -0.0712. The van der Waals surface area contributed by atoms with Gasteiger partial charge in [0.2, 0.25) is 0 Å². The van der Waals surface area contributed by atoms with E-state index in [-0.39, 0.29) is 5.60 Å². The van der Waals surface area contributed by atoms with E-state index in [4.69, 9.17) is 4.74 Å². The first kappa shape index (κ1) is 13.7. The number of hydrogen-bond acceptors (Lipinski definition) is 1. The van der Waals surface area contributed by atoms with E-state index in [0.717, 1.165) is 12.8 Å². The summed E-state index contributed by atoms with van der Waals surface area (Å²) in [7, 11) is 0. The SMILES string of the molecule is CC(C)C1=[N+](C(C)C)[C@@H]2Cc3ccccc3C[C@@]2(C)O1. The van der Waals surface area contributed by atoms with Gasteiger partial charge >= 0.3 is 5.90 Å². The highest BCUT2D eigenvalue weighted by Crippen LogP contribution is 2.38. The lowest BCUT2D eigenvalue weighted by Crippen LogP contribution is -2.49. The molecule has 0 amide bonds. The Hall–Kier alpha value is -1.31. The predicted octanol–water partition coefficient (Wildman–Crippen LogP) is 3.42. The molecule has 1 heterocycles. The van der Waals surface area contributed by atoms with Crippen LogP contribution in [0.15, 0.2) is 24.3 Å². The van der Waals surface area contributed by atoms with Gasteiger partial charge in [0.25, 0.3) is 0 Å². The first-order chi connectivity index (χ1) is 9.42. The Balaban J connectivity index is 2.05. The van der Waals surface area contributed by atoms with Crippen LogP contribution in [-0.2, 0) is 17.6 Å². The van der Waals surface area contributed by atoms with Crippen molar-refractivity contribution in [2.45, 2.75) is 65.1 Å². The van der Waals surface area contributed by atoms with E-state index >= 15 is 0 Å². The highest BCUT2D eigenvalue weighted by Gasteiger charge is 2.56. The van der Waals surface area contributed by atoms with Gasteiger partial charge in [-0.25, -0.2) is 0 Å². The smallest absolute Gasteiger partial charge is 0.340 e. The summed E-state index contributed by atoms with van der Waals surface area (Å²) in [5.41, 5.74) is 2.88. The molecule has 0 spiro atoms. The van der Waals surface area contributed by atoms with Crippen molar-refractivity contribution >= 4 is 5.90 Å². The Morgan fingerprint density at radius 1 is 1.15 bits per heavy atom. The zero-order chi connectivity index (χ0) is 14.5. The van der Waals surface area contributed by atoms with Gasteiger partial charge in [-0.1, -0.05) is 24.3 Å². The molecule has 0 unspecified atom stereocenters. The van der Waals surface area contributed by atoms with Crippen molar-refractivity contribution in [3.05, 3.63) is 35.4 Å². The highest BCUT2D eigenvalue weighted by molar-refractivity contribution is 5.75. The number of fused-ring (bicyclic) bond motifs is 2. The van der Waals surface area contributed by atoms with Crippen molar-refractivity contribution in [1.29, 1.82) is 0 Å². The molecule has 1 aliphatic heterocycles. The van der Waals surface area contributed by atoms with E-state index < -0.39 is 0 Å². The van der Waals surface area contributed by atoms with Gasteiger partial charge in [0.05, 0.1) is 5.92 Å². The standard InChI is InChI=1S/C18H26NO/c1-12(2)17-19(13(3)4)16-10-14-8-6-7-9-15(14)11-18(16,5)20-17/h6-9,12-13,16H,10-11H2,1-5H3/q+1/t16-,18-/m1/s1. The maximum Gasteiger partial charge on any atom is 0.340 e. The number of benzene rings is 1. The van der Waals surface area contributed by atoms with Gasteiger partial charge in [-0.3, -0.25) is 0 Å². The van der Waals surface area contributed by atoms with Crippen molar-refractivity contribution in [3.8, 4) is 0 Å². The van der Waals surface area contributed by atoms with Gasteiger partial charge in [0, 0.05) is 12.8 Å². The second-order valence-corrected chi connectivity index (χ2v) is 7.07. The molecule has 0 aromatic heterocycles. The van der Waals surface area contributed by atoms with Crippen LogP contribution in [-0.4, -0.2) is 28.2 Å². The Morgan fingerprint density at radius 2 is 1.80 bits per heavy atom. The predicted molar refractivity (Wildman–Crippen MR) is 82.4 cm³/mol. The first-order valence-electron chi connectivity index (χ1n) is 7.83. The van der Waals surface area contributed by atoms with Crippen LogP contribution >= 0.6 is 0 Å². The summed E-state index contributed by atoms with van der Waals surface area (Å²) in [6, 6.07) is 9.79. The van der Waals surface area contributed by atoms with Crippen LogP contribution in [0.5, 0.6) is 0 Å². The fourth-order valence-electron chi connectivity index (χ4n) is 3.82. The van der Waals surface area contributed by atoms with Crippen LogP contribution in [0.25, 0.3) is 0 Å². The molecule has 2 atom stereocenters. The first-order valence-corrected chi connectivity index (χ1v) is 7.83. The van der Waals surface area contributed by atoms with E-state index in [2.05, 4.69) is 63.5 Å². The Morgan fingerprint density at radius 3 is 2.40 bits per heavy atom. The molecule has 0 N–H and O–H groups in total. The lowest BCUT2D eigenvalue weighted by molar-refractivity contribution is -0.595. The topological polar surface area (TPSA) is 12.2 Å². The normalized spacial score (nSPS) is 28.6. The summed E-state index contributed by atoms with van der Waals surface area (Å²) < 4.78 is 9.02. The maximum atomic E-state index is 6.49. The molecule has 0 fully saturated rings. The summed E-state index contributed by atoms with van der Waals surface area (Å²) in [5.74, 6) is 1.63. The van der Waals surface area contributed by atoms with E-state index in [1.54, 1.807) is 0 Å². The van der Waals surface area contributed by atoms with E-state index in [1.807, 2.05) is 0 Å². The lowest BCUT2D eigenvalue weighted by atomic mass is 9.77. The summed E-state index contributed by atoms with van der Waals surface area (Å²) in [4.78, 5) is 0. The Labute approximate surface area is 122 Å². The molecule has 1 aromatic rings. The average molecular weight is 272 g/mol. The van der Waals surface area contributed by atoms with Gasteiger partial charge < -0.3 is 4.74 Å². The minimum absolute atomic E-state index is 0.0712. The van der Waals surface area contributed by atoms with Crippen LogP contribution in [0.4, 0.5) is 0 Å². The summed E-state index contributed by atoms with van der Waals surface area (Å²) in [6.07, 6.45) is 2.12. The second-order valence-electron chi connectivity index (χ2n) is 7.07. The van der Waals surface area contributed by atoms with Crippen LogP contribution in [0, 0.1) is 5.92 Å². The number of rotatable bonds is 2. The minimum Gasteiger partial charge on any atom is -0.434 e. The number of hydrogen-bond donors (Lipinski definition) is 0. The highest BCUT2D eigenvalue weighted by atomic mass is 16.5. The zero-order valence-corrected chi connectivity index (χ0v) is 13.3. The fourth-order valence-corrected chi connectivity index (χ4v) is 3.82. The van der Waals surface area contributed by atoms with Gasteiger partial charge in [0.15, 0.2) is 17.7 Å². The molecule has 0 radical (unpaired) electrons. The second kappa shape index (κ2) is 4.61. The molecule has 3 rings (SSSR count). The lowest BCUT2D eigenvalue weighted by Gasteiger charge is -2.33. The van der Waals surface area contributed by atoms with E-state index in [9.17, 15) is 0 Å². The zero-order valence-electron chi connectivity index (χ0n) is 13.3. The van der Waals surface area contributed by atoms with Gasteiger partial charge in [-0.15, -0.1) is 0 Å². The third-order valence-corrected chi connectivity index (χ3v) is 4.76. The third-order valence-electron chi connectivity index (χ3n) is 4.76. The van der Waals surface area contributed by atoms with Crippen molar-refractivity contribution < 1.29 is 9.31 Å². The average Bonchev–Trinajstić information content (AvgIpc) is 2.68. The number of ether oxygens (including phenoxy) is 1. The molecule has 0 bridgehead atoms. The molecule has 2 nitrogen and oxygen atoms in total. The van der Waals surface area contributed by atoms with E-state index in [0.29, 0.717) is 18.0 Å². The molecule has 20 heavy (non-hydrogen) atoms. The fraction of sp³-hybridized carbons (Fsp3) is 0.611. The molecule has 0 saturated heterocycles. The summed E-state index contributed by atoms with van der Waals surface area (Å²) >= 11 is 0. The molecule has 1 aromatic carbocycles. The quantitative estimate of drug-likeness (QED) is 0.751. The van der Waals surface area contributed by atoms with E-state index in [1.165, 1.54) is 17.0 Å². The van der Waals surface area contributed by atoms with Crippen molar-refractivity contribution in [2.75, 3.05) is 0 Å².